The quantitative estimate of drug-likeness (QED) is 0.557. The largest absolute Gasteiger partial charge is 0.329 e. The zero-order valence-electron chi connectivity index (χ0n) is 13.4. The maximum Gasteiger partial charge on any atom is 0.254 e. The van der Waals surface area contributed by atoms with E-state index < -0.39 is 0 Å². The molecular weight excluding hydrogens is 334 g/mol. The Kier molecular flexibility index (Phi) is 3.27. The van der Waals surface area contributed by atoms with Gasteiger partial charge in [-0.3, -0.25) is 4.79 Å². The third kappa shape index (κ3) is 2.39. The highest BCUT2D eigenvalue weighted by Crippen LogP contribution is 2.37. The van der Waals surface area contributed by atoms with Gasteiger partial charge in [0.1, 0.15) is 11.3 Å². The summed E-state index contributed by atoms with van der Waals surface area (Å²) in [4.78, 5) is 23.9. The van der Waals surface area contributed by atoms with E-state index in [1.165, 1.54) is 11.0 Å². The summed E-state index contributed by atoms with van der Waals surface area (Å²) < 4.78 is 2.83. The molecule has 124 valence electrons. The number of carbonyl (C=O) groups excluding carboxylic acids is 1. The van der Waals surface area contributed by atoms with Crippen LogP contribution in [0, 0.1) is 0 Å². The number of hydrogen-bond donors (Lipinski definition) is 0. The summed E-state index contributed by atoms with van der Waals surface area (Å²) >= 11 is 1.68. The summed E-state index contributed by atoms with van der Waals surface area (Å²) in [6.07, 6.45) is 5.22. The molecule has 0 N–H and O–H groups in total. The van der Waals surface area contributed by atoms with E-state index in [-0.39, 0.29) is 11.9 Å². The topological polar surface area (TPSA) is 63.4 Å². The van der Waals surface area contributed by atoms with Gasteiger partial charge in [0.05, 0.1) is 16.3 Å². The SMILES string of the molecule is O=C(c1ccn2ncnc2c1)N1CCCC1c1nc2ccccc2s1. The lowest BCUT2D eigenvalue weighted by atomic mass is 10.2. The van der Waals surface area contributed by atoms with Crippen molar-refractivity contribution in [3.8, 4) is 0 Å². The highest BCUT2D eigenvalue weighted by molar-refractivity contribution is 7.18. The molecule has 1 saturated heterocycles. The van der Waals surface area contributed by atoms with E-state index in [1.807, 2.05) is 23.1 Å². The molecule has 5 rings (SSSR count). The first-order chi connectivity index (χ1) is 12.3. The van der Waals surface area contributed by atoms with Gasteiger partial charge in [-0.2, -0.15) is 5.10 Å². The summed E-state index contributed by atoms with van der Waals surface area (Å²) in [5.41, 5.74) is 2.33. The zero-order chi connectivity index (χ0) is 16.8. The fourth-order valence-corrected chi connectivity index (χ4v) is 4.53. The number of thiazole rings is 1. The van der Waals surface area contributed by atoms with Crippen LogP contribution in [-0.2, 0) is 0 Å². The van der Waals surface area contributed by atoms with Crippen molar-refractivity contribution < 1.29 is 4.79 Å². The van der Waals surface area contributed by atoms with Gasteiger partial charge in [-0.25, -0.2) is 14.5 Å². The van der Waals surface area contributed by atoms with Crippen molar-refractivity contribution in [3.05, 3.63) is 59.5 Å². The van der Waals surface area contributed by atoms with E-state index in [2.05, 4.69) is 16.1 Å². The minimum Gasteiger partial charge on any atom is -0.329 e. The van der Waals surface area contributed by atoms with Gasteiger partial charge in [0.25, 0.3) is 5.91 Å². The number of benzene rings is 1. The van der Waals surface area contributed by atoms with Crippen molar-refractivity contribution in [2.24, 2.45) is 0 Å². The van der Waals surface area contributed by atoms with E-state index >= 15 is 0 Å². The minimum absolute atomic E-state index is 0.0345. The number of hydrogen-bond acceptors (Lipinski definition) is 5. The molecule has 1 unspecified atom stereocenters. The highest BCUT2D eigenvalue weighted by atomic mass is 32.1. The molecule has 0 radical (unpaired) electrons. The fraction of sp³-hybridized carbons (Fsp3) is 0.222. The Balaban J connectivity index is 1.50. The van der Waals surface area contributed by atoms with Crippen LogP contribution in [0.15, 0.2) is 48.9 Å². The van der Waals surface area contributed by atoms with Crippen LogP contribution in [-0.4, -0.2) is 36.9 Å². The number of carbonyl (C=O) groups is 1. The van der Waals surface area contributed by atoms with Gasteiger partial charge < -0.3 is 4.90 Å². The highest BCUT2D eigenvalue weighted by Gasteiger charge is 2.32. The number of fused-ring (bicyclic) bond motifs is 2. The Morgan fingerprint density at radius 1 is 1.24 bits per heavy atom. The Morgan fingerprint density at radius 3 is 3.08 bits per heavy atom. The number of rotatable bonds is 2. The van der Waals surface area contributed by atoms with Crippen LogP contribution in [0.4, 0.5) is 0 Å². The van der Waals surface area contributed by atoms with E-state index in [0.29, 0.717) is 11.2 Å². The van der Waals surface area contributed by atoms with Gasteiger partial charge in [0.15, 0.2) is 5.65 Å². The number of para-hydroxylation sites is 1. The molecule has 1 aliphatic heterocycles. The molecular formula is C18H15N5OS. The van der Waals surface area contributed by atoms with Crippen molar-refractivity contribution >= 4 is 33.1 Å². The molecule has 1 aliphatic rings. The first-order valence-corrected chi connectivity index (χ1v) is 9.07. The summed E-state index contributed by atoms with van der Waals surface area (Å²) in [6.45, 7) is 0.761. The normalized spacial score (nSPS) is 17.6. The van der Waals surface area contributed by atoms with Crippen LogP contribution >= 0.6 is 11.3 Å². The number of aromatic nitrogens is 4. The smallest absolute Gasteiger partial charge is 0.254 e. The lowest BCUT2D eigenvalue weighted by Crippen LogP contribution is -2.30. The molecule has 4 heterocycles. The Hall–Kier alpha value is -2.80. The average molecular weight is 349 g/mol. The van der Waals surface area contributed by atoms with Crippen LogP contribution in [0.25, 0.3) is 15.9 Å². The number of pyridine rings is 1. The molecule has 1 aromatic carbocycles. The lowest BCUT2D eigenvalue weighted by Gasteiger charge is -2.23. The minimum atomic E-state index is 0.0345. The standard InChI is InChI=1S/C18H15N5OS/c24-18(12-7-9-23-16(10-12)19-11-20-23)22-8-3-5-14(22)17-21-13-4-1-2-6-15(13)25-17/h1-2,4,6-7,9-11,14H,3,5,8H2. The second-order valence-electron chi connectivity index (χ2n) is 6.15. The van der Waals surface area contributed by atoms with Crippen LogP contribution < -0.4 is 0 Å². The molecule has 1 atom stereocenters. The molecule has 6 nitrogen and oxygen atoms in total. The van der Waals surface area contributed by atoms with Gasteiger partial charge in [-0.15, -0.1) is 11.3 Å². The fourth-order valence-electron chi connectivity index (χ4n) is 3.41. The Bertz CT molecular complexity index is 1050. The van der Waals surface area contributed by atoms with Crippen molar-refractivity contribution in [1.82, 2.24) is 24.5 Å². The molecule has 4 aromatic rings. The maximum atomic E-state index is 13.1. The average Bonchev–Trinajstić information content (AvgIpc) is 3.37. The lowest BCUT2D eigenvalue weighted by molar-refractivity contribution is 0.0735. The zero-order valence-corrected chi connectivity index (χ0v) is 14.2. The molecule has 25 heavy (non-hydrogen) atoms. The number of likely N-dealkylation sites (tertiary alicyclic amines) is 1. The van der Waals surface area contributed by atoms with E-state index in [9.17, 15) is 4.79 Å². The van der Waals surface area contributed by atoms with E-state index in [1.54, 1.807) is 34.2 Å². The summed E-state index contributed by atoms with van der Waals surface area (Å²) in [5, 5.41) is 5.10. The third-order valence-electron chi connectivity index (χ3n) is 4.64. The van der Waals surface area contributed by atoms with Crippen LogP contribution in [0.2, 0.25) is 0 Å². The van der Waals surface area contributed by atoms with Crippen LogP contribution in [0.3, 0.4) is 0 Å². The van der Waals surface area contributed by atoms with Crippen LogP contribution in [0.5, 0.6) is 0 Å². The maximum absolute atomic E-state index is 13.1. The second kappa shape index (κ2) is 5.63. The first kappa shape index (κ1) is 14.5. The Morgan fingerprint density at radius 2 is 2.16 bits per heavy atom. The third-order valence-corrected chi connectivity index (χ3v) is 5.77. The van der Waals surface area contributed by atoms with E-state index in [0.717, 1.165) is 29.9 Å². The van der Waals surface area contributed by atoms with Crippen molar-refractivity contribution in [2.45, 2.75) is 18.9 Å². The van der Waals surface area contributed by atoms with Gasteiger partial charge in [-0.1, -0.05) is 12.1 Å². The van der Waals surface area contributed by atoms with Gasteiger partial charge in [-0.05, 0) is 37.1 Å². The summed E-state index contributed by atoms with van der Waals surface area (Å²) in [5.74, 6) is 0.0345. The van der Waals surface area contributed by atoms with Gasteiger partial charge >= 0.3 is 0 Å². The molecule has 7 heteroatoms. The predicted molar refractivity (Wildman–Crippen MR) is 95.6 cm³/mol. The molecule has 1 fully saturated rings. The molecule has 3 aromatic heterocycles. The second-order valence-corrected chi connectivity index (χ2v) is 7.22. The molecule has 0 saturated carbocycles. The van der Waals surface area contributed by atoms with Crippen LogP contribution in [0.1, 0.15) is 34.2 Å². The predicted octanol–water partition coefficient (Wildman–Crippen LogP) is 3.32. The molecule has 1 amide bonds. The molecule has 0 spiro atoms. The van der Waals surface area contributed by atoms with Gasteiger partial charge in [0.2, 0.25) is 0 Å². The first-order valence-electron chi connectivity index (χ1n) is 8.25. The Labute approximate surface area is 147 Å². The summed E-state index contributed by atoms with van der Waals surface area (Å²) in [7, 11) is 0. The number of amides is 1. The van der Waals surface area contributed by atoms with Crippen molar-refractivity contribution in [2.75, 3.05) is 6.54 Å². The van der Waals surface area contributed by atoms with E-state index in [4.69, 9.17) is 4.98 Å². The van der Waals surface area contributed by atoms with Gasteiger partial charge in [0, 0.05) is 18.3 Å². The molecule has 0 bridgehead atoms. The summed E-state index contributed by atoms with van der Waals surface area (Å²) in [6, 6.07) is 11.8. The number of nitrogens with zero attached hydrogens (tertiary/aromatic N) is 5. The monoisotopic (exact) mass is 349 g/mol. The van der Waals surface area contributed by atoms with Crippen molar-refractivity contribution in [3.63, 3.8) is 0 Å². The molecule has 0 aliphatic carbocycles. The van der Waals surface area contributed by atoms with Crippen molar-refractivity contribution in [1.29, 1.82) is 0 Å².